The van der Waals surface area contributed by atoms with Crippen molar-refractivity contribution in [3.05, 3.63) is 41.5 Å². The third kappa shape index (κ3) is 2.89. The average molecular weight is 299 g/mol. The molecule has 0 N–H and O–H groups in total. The molecule has 1 aromatic carbocycles. The predicted molar refractivity (Wildman–Crippen MR) is 83.7 cm³/mol. The number of carbonyl (C=O) groups is 1. The maximum atomic E-state index is 12.6. The summed E-state index contributed by atoms with van der Waals surface area (Å²) in [4.78, 5) is 18.8. The molecule has 0 spiro atoms. The van der Waals surface area contributed by atoms with E-state index in [1.165, 1.54) is 5.56 Å². The summed E-state index contributed by atoms with van der Waals surface area (Å²) in [5.74, 6) is 1.40. The summed E-state index contributed by atoms with van der Waals surface area (Å²) in [5, 5.41) is 3.92. The first-order valence-electron chi connectivity index (χ1n) is 7.90. The van der Waals surface area contributed by atoms with E-state index in [0.29, 0.717) is 18.7 Å². The van der Waals surface area contributed by atoms with Crippen molar-refractivity contribution in [2.75, 3.05) is 4.90 Å². The quantitative estimate of drug-likeness (QED) is 0.851. The Kier molecular flexibility index (Phi) is 4.22. The van der Waals surface area contributed by atoms with Gasteiger partial charge in [0.25, 0.3) is 0 Å². The van der Waals surface area contributed by atoms with Gasteiger partial charge in [0, 0.05) is 31.0 Å². The van der Waals surface area contributed by atoms with Gasteiger partial charge in [-0.1, -0.05) is 30.3 Å². The first-order chi connectivity index (χ1) is 10.7. The van der Waals surface area contributed by atoms with E-state index in [1.54, 1.807) is 0 Å². The fraction of sp³-hybridized carbons (Fsp3) is 0.471. The zero-order valence-corrected chi connectivity index (χ0v) is 13.1. The first kappa shape index (κ1) is 14.8. The van der Waals surface area contributed by atoms with Crippen LogP contribution in [0.2, 0.25) is 0 Å². The molecule has 0 bridgehead atoms. The number of para-hydroxylation sites is 1. The van der Waals surface area contributed by atoms with Crippen molar-refractivity contribution in [3.8, 4) is 0 Å². The van der Waals surface area contributed by atoms with Crippen LogP contribution >= 0.6 is 0 Å². The standard InChI is InChI=1S/C17H21N3O2/c1-3-6-15-18-16(22-19-15)9-10-17(21)20-12(2)11-13-7-4-5-8-14(13)20/h4-5,7-8,12H,3,6,9-11H2,1-2H3. The second-order valence-corrected chi connectivity index (χ2v) is 5.80. The maximum Gasteiger partial charge on any atom is 0.227 e. The highest BCUT2D eigenvalue weighted by Gasteiger charge is 2.30. The number of hydrogen-bond donors (Lipinski definition) is 0. The molecular weight excluding hydrogens is 278 g/mol. The van der Waals surface area contributed by atoms with E-state index in [9.17, 15) is 4.79 Å². The smallest absolute Gasteiger partial charge is 0.227 e. The molecule has 5 nitrogen and oxygen atoms in total. The lowest BCUT2D eigenvalue weighted by Gasteiger charge is -2.22. The average Bonchev–Trinajstić information content (AvgIpc) is 3.08. The lowest BCUT2D eigenvalue weighted by molar-refractivity contribution is -0.118. The topological polar surface area (TPSA) is 59.2 Å². The number of nitrogens with zero attached hydrogens (tertiary/aromatic N) is 3. The summed E-state index contributed by atoms with van der Waals surface area (Å²) in [6.45, 7) is 4.16. The number of aryl methyl sites for hydroxylation is 2. The molecular formula is C17H21N3O2. The van der Waals surface area contributed by atoms with Crippen LogP contribution in [0.1, 0.15) is 44.0 Å². The van der Waals surface area contributed by atoms with Gasteiger partial charge in [-0.25, -0.2) is 0 Å². The van der Waals surface area contributed by atoms with Gasteiger partial charge in [0.2, 0.25) is 11.8 Å². The van der Waals surface area contributed by atoms with Gasteiger partial charge in [-0.05, 0) is 31.4 Å². The molecule has 0 saturated heterocycles. The van der Waals surface area contributed by atoms with E-state index in [-0.39, 0.29) is 11.9 Å². The minimum absolute atomic E-state index is 0.118. The van der Waals surface area contributed by atoms with Gasteiger partial charge in [-0.3, -0.25) is 4.79 Å². The molecule has 1 aromatic heterocycles. The van der Waals surface area contributed by atoms with E-state index in [1.807, 2.05) is 23.1 Å². The SMILES string of the molecule is CCCc1noc(CCC(=O)N2c3ccccc3CC2C)n1. The van der Waals surface area contributed by atoms with Crippen LogP contribution in [0, 0.1) is 0 Å². The number of fused-ring (bicyclic) bond motifs is 1. The minimum atomic E-state index is 0.118. The highest BCUT2D eigenvalue weighted by atomic mass is 16.5. The van der Waals surface area contributed by atoms with Crippen molar-refractivity contribution in [2.24, 2.45) is 0 Å². The molecule has 2 aromatic rings. The maximum absolute atomic E-state index is 12.6. The van der Waals surface area contributed by atoms with Gasteiger partial charge in [0.05, 0.1) is 0 Å². The lowest BCUT2D eigenvalue weighted by atomic mass is 10.1. The largest absolute Gasteiger partial charge is 0.339 e. The number of amides is 1. The molecule has 22 heavy (non-hydrogen) atoms. The minimum Gasteiger partial charge on any atom is -0.339 e. The van der Waals surface area contributed by atoms with E-state index in [2.05, 4.69) is 30.1 Å². The van der Waals surface area contributed by atoms with Crippen molar-refractivity contribution < 1.29 is 9.32 Å². The molecule has 0 fully saturated rings. The summed E-state index contributed by atoms with van der Waals surface area (Å²) in [7, 11) is 0. The molecule has 3 rings (SSSR count). The van der Waals surface area contributed by atoms with Crippen LogP contribution in [-0.2, 0) is 24.1 Å². The lowest BCUT2D eigenvalue weighted by Crippen LogP contribution is -2.35. The van der Waals surface area contributed by atoms with E-state index in [0.717, 1.165) is 30.8 Å². The van der Waals surface area contributed by atoms with Gasteiger partial charge >= 0.3 is 0 Å². The summed E-state index contributed by atoms with van der Waals surface area (Å²) in [6, 6.07) is 8.32. The second kappa shape index (κ2) is 6.30. The number of benzene rings is 1. The van der Waals surface area contributed by atoms with Crippen LogP contribution in [0.5, 0.6) is 0 Å². The molecule has 1 atom stereocenters. The van der Waals surface area contributed by atoms with Gasteiger partial charge in [0.15, 0.2) is 5.82 Å². The van der Waals surface area contributed by atoms with Crippen molar-refractivity contribution in [1.82, 2.24) is 10.1 Å². The molecule has 5 heteroatoms. The van der Waals surface area contributed by atoms with Crippen LogP contribution in [-0.4, -0.2) is 22.1 Å². The number of aromatic nitrogens is 2. The fourth-order valence-electron chi connectivity index (χ4n) is 3.00. The molecule has 1 aliphatic rings. The highest BCUT2D eigenvalue weighted by Crippen LogP contribution is 2.32. The Morgan fingerprint density at radius 1 is 1.36 bits per heavy atom. The normalized spacial score (nSPS) is 16.8. The molecule has 0 saturated carbocycles. The van der Waals surface area contributed by atoms with Gasteiger partial charge in [-0.15, -0.1) is 0 Å². The van der Waals surface area contributed by atoms with Crippen LogP contribution in [0.15, 0.2) is 28.8 Å². The number of anilines is 1. The van der Waals surface area contributed by atoms with Crippen molar-refractivity contribution in [1.29, 1.82) is 0 Å². The monoisotopic (exact) mass is 299 g/mol. The molecule has 1 amide bonds. The third-order valence-electron chi connectivity index (χ3n) is 4.01. The summed E-state index contributed by atoms with van der Waals surface area (Å²) in [6.07, 6.45) is 3.62. The van der Waals surface area contributed by atoms with Gasteiger partial charge in [-0.2, -0.15) is 4.98 Å². The Morgan fingerprint density at radius 2 is 2.18 bits per heavy atom. The number of rotatable bonds is 5. The highest BCUT2D eigenvalue weighted by molar-refractivity contribution is 5.96. The summed E-state index contributed by atoms with van der Waals surface area (Å²) >= 11 is 0. The second-order valence-electron chi connectivity index (χ2n) is 5.80. The molecule has 2 heterocycles. The van der Waals surface area contributed by atoms with Crippen molar-refractivity contribution >= 4 is 11.6 Å². The van der Waals surface area contributed by atoms with Gasteiger partial charge in [0.1, 0.15) is 0 Å². The Hall–Kier alpha value is -2.17. The van der Waals surface area contributed by atoms with E-state index >= 15 is 0 Å². The van der Waals surface area contributed by atoms with Crippen LogP contribution in [0.4, 0.5) is 5.69 Å². The van der Waals surface area contributed by atoms with Crippen molar-refractivity contribution in [3.63, 3.8) is 0 Å². The first-order valence-corrected chi connectivity index (χ1v) is 7.90. The third-order valence-corrected chi connectivity index (χ3v) is 4.01. The zero-order valence-electron chi connectivity index (χ0n) is 13.1. The van der Waals surface area contributed by atoms with Crippen LogP contribution < -0.4 is 4.90 Å². The summed E-state index contributed by atoms with van der Waals surface area (Å²) < 4.78 is 5.19. The molecule has 0 radical (unpaired) electrons. The van der Waals surface area contributed by atoms with Gasteiger partial charge < -0.3 is 9.42 Å². The van der Waals surface area contributed by atoms with Crippen LogP contribution in [0.25, 0.3) is 0 Å². The molecule has 1 aliphatic heterocycles. The summed E-state index contributed by atoms with van der Waals surface area (Å²) in [5.41, 5.74) is 2.28. The number of hydrogen-bond acceptors (Lipinski definition) is 4. The van der Waals surface area contributed by atoms with E-state index < -0.39 is 0 Å². The van der Waals surface area contributed by atoms with E-state index in [4.69, 9.17) is 4.52 Å². The zero-order chi connectivity index (χ0) is 15.5. The van der Waals surface area contributed by atoms with Crippen molar-refractivity contribution in [2.45, 2.75) is 52.0 Å². The Labute approximate surface area is 130 Å². The Bertz CT molecular complexity index is 665. The Morgan fingerprint density at radius 3 is 3.00 bits per heavy atom. The Balaban J connectivity index is 1.64. The predicted octanol–water partition coefficient (Wildman–Crippen LogP) is 2.93. The fourth-order valence-corrected chi connectivity index (χ4v) is 3.00. The molecule has 116 valence electrons. The molecule has 0 aliphatic carbocycles. The molecule has 1 unspecified atom stereocenters. The van der Waals surface area contributed by atoms with Crippen LogP contribution in [0.3, 0.4) is 0 Å². The number of carbonyl (C=O) groups excluding carboxylic acids is 1.